The first kappa shape index (κ1) is 29.7. The molecule has 0 unspecified atom stereocenters. The van der Waals surface area contributed by atoms with Gasteiger partial charge in [-0.25, -0.2) is 4.79 Å². The first-order chi connectivity index (χ1) is 17.7. The lowest BCUT2D eigenvalue weighted by molar-refractivity contribution is -0.145. The maximum atomic E-state index is 13.3. The fraction of sp³-hybridized carbons (Fsp3) is 0.407. The Bertz CT molecular complexity index is 1060. The minimum absolute atomic E-state index is 0.0700. The Labute approximate surface area is 221 Å². The Morgan fingerprint density at radius 3 is 2.19 bits per heavy atom. The molecule has 200 valence electrons. The number of methoxy groups -OCH3 is 1. The van der Waals surface area contributed by atoms with Gasteiger partial charge >= 0.3 is 5.97 Å². The van der Waals surface area contributed by atoms with Gasteiger partial charge < -0.3 is 25.8 Å². The quantitative estimate of drug-likeness (QED) is 0.293. The topological polar surface area (TPSA) is 134 Å². The number of rotatable bonds is 13. The summed E-state index contributed by atoms with van der Waals surface area (Å²) in [5.74, 6) is -1.91. The van der Waals surface area contributed by atoms with Crippen LogP contribution in [-0.4, -0.2) is 66.0 Å². The van der Waals surface area contributed by atoms with Gasteiger partial charge in [0.25, 0.3) is 5.91 Å². The molecule has 0 saturated carbocycles. The molecule has 0 heterocycles. The van der Waals surface area contributed by atoms with Gasteiger partial charge in [0.1, 0.15) is 23.9 Å². The van der Waals surface area contributed by atoms with E-state index in [1.54, 1.807) is 13.8 Å². The zero-order valence-corrected chi connectivity index (χ0v) is 22.3. The molecule has 0 aliphatic heterocycles. The van der Waals surface area contributed by atoms with Crippen LogP contribution in [-0.2, 0) is 25.5 Å². The van der Waals surface area contributed by atoms with Gasteiger partial charge in [-0.15, -0.1) is 0 Å². The smallest absolute Gasteiger partial charge is 0.328 e. The molecule has 0 aromatic heterocycles. The molecular weight excluding hydrogens is 494 g/mol. The van der Waals surface area contributed by atoms with Crippen LogP contribution in [0.2, 0.25) is 0 Å². The number of phenolic OH excluding ortho intramolecular Hbond substituents is 1. The lowest BCUT2D eigenvalue weighted by Gasteiger charge is -2.26. The van der Waals surface area contributed by atoms with Gasteiger partial charge in [-0.05, 0) is 48.1 Å². The molecule has 0 radical (unpaired) electrons. The summed E-state index contributed by atoms with van der Waals surface area (Å²) < 4.78 is 4.84. The summed E-state index contributed by atoms with van der Waals surface area (Å²) in [5.41, 5.74) is 1.01. The van der Waals surface area contributed by atoms with Crippen molar-refractivity contribution in [2.24, 2.45) is 5.92 Å². The Morgan fingerprint density at radius 2 is 1.59 bits per heavy atom. The number of phenols is 1. The van der Waals surface area contributed by atoms with Crippen molar-refractivity contribution in [2.75, 3.05) is 19.1 Å². The fourth-order valence-corrected chi connectivity index (χ4v) is 4.10. The molecular formula is C27H35N3O6S. The molecule has 9 nitrogen and oxygen atoms in total. The van der Waals surface area contributed by atoms with E-state index in [2.05, 4.69) is 16.0 Å². The van der Waals surface area contributed by atoms with Gasteiger partial charge in [0, 0.05) is 12.0 Å². The van der Waals surface area contributed by atoms with Crippen LogP contribution >= 0.6 is 11.8 Å². The number of amides is 3. The lowest BCUT2D eigenvalue weighted by Crippen LogP contribution is -2.57. The van der Waals surface area contributed by atoms with Gasteiger partial charge in [-0.2, -0.15) is 11.8 Å². The predicted molar refractivity (Wildman–Crippen MR) is 143 cm³/mol. The SMILES string of the molecule is COC(=O)[C@H](CCSC)NC(=O)[C@H](Cc1ccccc1)NC(=O)[C@@H](NC(=O)c1cccc(O)c1)C(C)C. The van der Waals surface area contributed by atoms with Crippen LogP contribution in [0.4, 0.5) is 0 Å². The number of hydrogen-bond donors (Lipinski definition) is 4. The lowest BCUT2D eigenvalue weighted by atomic mass is 10.00. The van der Waals surface area contributed by atoms with Crippen LogP contribution in [0.1, 0.15) is 36.2 Å². The van der Waals surface area contributed by atoms with Crippen LogP contribution in [0.15, 0.2) is 54.6 Å². The average molecular weight is 530 g/mol. The van der Waals surface area contributed by atoms with Gasteiger partial charge in [0.15, 0.2) is 0 Å². The molecule has 0 aliphatic carbocycles. The molecule has 4 N–H and O–H groups in total. The molecule has 0 saturated heterocycles. The van der Waals surface area contributed by atoms with E-state index in [1.165, 1.54) is 43.1 Å². The number of carbonyl (C=O) groups is 4. The summed E-state index contributed by atoms with van der Waals surface area (Å²) in [7, 11) is 1.26. The molecule has 0 fully saturated rings. The van der Waals surface area contributed by atoms with Gasteiger partial charge in [-0.3, -0.25) is 14.4 Å². The van der Waals surface area contributed by atoms with Crippen molar-refractivity contribution in [1.82, 2.24) is 16.0 Å². The van der Waals surface area contributed by atoms with E-state index in [4.69, 9.17) is 4.74 Å². The Kier molecular flexibility index (Phi) is 12.0. The Balaban J connectivity index is 2.23. The molecule has 2 rings (SSSR count). The number of carbonyl (C=O) groups excluding carboxylic acids is 4. The molecule has 3 amide bonds. The van der Waals surface area contributed by atoms with E-state index in [0.29, 0.717) is 12.2 Å². The van der Waals surface area contributed by atoms with E-state index < -0.39 is 41.8 Å². The Morgan fingerprint density at radius 1 is 0.919 bits per heavy atom. The third-order valence-electron chi connectivity index (χ3n) is 5.67. The highest BCUT2D eigenvalue weighted by atomic mass is 32.2. The largest absolute Gasteiger partial charge is 0.508 e. The number of nitrogens with one attached hydrogen (secondary N) is 3. The van der Waals surface area contributed by atoms with Gasteiger partial charge in [0.2, 0.25) is 11.8 Å². The molecule has 37 heavy (non-hydrogen) atoms. The minimum Gasteiger partial charge on any atom is -0.508 e. The second-order valence-electron chi connectivity index (χ2n) is 8.86. The van der Waals surface area contributed by atoms with Crippen molar-refractivity contribution in [3.63, 3.8) is 0 Å². The predicted octanol–water partition coefficient (Wildman–Crippen LogP) is 2.29. The fourth-order valence-electron chi connectivity index (χ4n) is 3.63. The van der Waals surface area contributed by atoms with Crippen LogP contribution in [0.5, 0.6) is 5.75 Å². The third kappa shape index (κ3) is 9.45. The number of aromatic hydroxyl groups is 1. The van der Waals surface area contributed by atoms with Crippen LogP contribution in [0.3, 0.4) is 0 Å². The number of thioether (sulfide) groups is 1. The summed E-state index contributed by atoms with van der Waals surface area (Å²) in [6, 6.07) is 12.2. The normalized spacial score (nSPS) is 13.2. The van der Waals surface area contributed by atoms with E-state index in [0.717, 1.165) is 5.56 Å². The molecule has 2 aromatic carbocycles. The maximum Gasteiger partial charge on any atom is 0.328 e. The highest BCUT2D eigenvalue weighted by molar-refractivity contribution is 7.98. The van der Waals surface area contributed by atoms with E-state index >= 15 is 0 Å². The first-order valence-electron chi connectivity index (χ1n) is 12.0. The van der Waals surface area contributed by atoms with E-state index in [9.17, 15) is 24.3 Å². The number of hydrogen-bond acceptors (Lipinski definition) is 7. The van der Waals surface area contributed by atoms with Crippen LogP contribution < -0.4 is 16.0 Å². The van der Waals surface area contributed by atoms with E-state index in [-0.39, 0.29) is 23.7 Å². The van der Waals surface area contributed by atoms with Gasteiger partial charge in [0.05, 0.1) is 7.11 Å². The second kappa shape index (κ2) is 14.9. The van der Waals surface area contributed by atoms with Crippen molar-refractivity contribution in [3.05, 3.63) is 65.7 Å². The second-order valence-corrected chi connectivity index (χ2v) is 9.85. The first-order valence-corrected chi connectivity index (χ1v) is 13.4. The highest BCUT2D eigenvalue weighted by Crippen LogP contribution is 2.13. The summed E-state index contributed by atoms with van der Waals surface area (Å²) in [6.07, 6.45) is 2.45. The standard InChI is InChI=1S/C27H35N3O6S/c1-17(2)23(30-24(32)19-11-8-12-20(31)16-19)26(34)29-22(15-18-9-6-5-7-10-18)25(33)28-21(13-14-37-4)27(35)36-3/h5-12,16-17,21-23,31H,13-15H2,1-4H3,(H,28,33)(H,29,34)(H,30,32)/t21-,22-,23-/m0/s1. The average Bonchev–Trinajstić information content (AvgIpc) is 2.88. The number of ether oxygens (including phenoxy) is 1. The maximum absolute atomic E-state index is 13.3. The third-order valence-corrected chi connectivity index (χ3v) is 6.32. The van der Waals surface area contributed by atoms with Crippen molar-refractivity contribution in [1.29, 1.82) is 0 Å². The Hall–Kier alpha value is -3.53. The van der Waals surface area contributed by atoms with Crippen molar-refractivity contribution in [3.8, 4) is 5.75 Å². The van der Waals surface area contributed by atoms with Crippen LogP contribution in [0.25, 0.3) is 0 Å². The van der Waals surface area contributed by atoms with Crippen molar-refractivity contribution in [2.45, 2.75) is 44.8 Å². The highest BCUT2D eigenvalue weighted by Gasteiger charge is 2.31. The number of esters is 1. The molecule has 0 spiro atoms. The summed E-state index contributed by atoms with van der Waals surface area (Å²) in [4.78, 5) is 51.6. The molecule has 0 aliphatic rings. The summed E-state index contributed by atoms with van der Waals surface area (Å²) in [6.45, 7) is 3.55. The van der Waals surface area contributed by atoms with E-state index in [1.807, 2.05) is 36.6 Å². The monoisotopic (exact) mass is 529 g/mol. The summed E-state index contributed by atoms with van der Waals surface area (Å²) >= 11 is 1.53. The van der Waals surface area contributed by atoms with Gasteiger partial charge in [-0.1, -0.05) is 50.2 Å². The molecule has 10 heteroatoms. The molecule has 0 bridgehead atoms. The van der Waals surface area contributed by atoms with Crippen LogP contribution in [0, 0.1) is 5.92 Å². The van der Waals surface area contributed by atoms with Crippen molar-refractivity contribution < 1.29 is 29.0 Å². The van der Waals surface area contributed by atoms with Crippen molar-refractivity contribution >= 4 is 35.5 Å². The molecule has 2 aromatic rings. The zero-order valence-electron chi connectivity index (χ0n) is 21.5. The summed E-state index contributed by atoms with van der Waals surface area (Å²) in [5, 5.41) is 17.8. The number of benzene rings is 2. The minimum atomic E-state index is -1.00. The zero-order chi connectivity index (χ0) is 27.4. The molecule has 3 atom stereocenters.